The Balaban J connectivity index is 1.44. The van der Waals surface area contributed by atoms with Gasteiger partial charge in [-0.15, -0.1) is 0 Å². The molecule has 35 heavy (non-hydrogen) atoms. The molecule has 5 rings (SSSR count). The van der Waals surface area contributed by atoms with Crippen molar-refractivity contribution >= 4 is 17.0 Å². The number of morpholine rings is 1. The van der Waals surface area contributed by atoms with E-state index < -0.39 is 5.60 Å². The van der Waals surface area contributed by atoms with E-state index in [1.54, 1.807) is 26.1 Å². The predicted molar refractivity (Wildman–Crippen MR) is 132 cm³/mol. The minimum atomic E-state index is -1.08. The fourth-order valence-corrected chi connectivity index (χ4v) is 4.42. The van der Waals surface area contributed by atoms with Crippen LogP contribution in [-0.2, 0) is 10.3 Å². The molecular formula is C27H28N4O4. The molecule has 0 aliphatic carbocycles. The van der Waals surface area contributed by atoms with Gasteiger partial charge in [0.15, 0.2) is 5.58 Å². The van der Waals surface area contributed by atoms with Gasteiger partial charge in [0.1, 0.15) is 28.9 Å². The molecule has 1 saturated heterocycles. The number of amides is 1. The van der Waals surface area contributed by atoms with Gasteiger partial charge >= 0.3 is 0 Å². The van der Waals surface area contributed by atoms with Crippen LogP contribution in [0.3, 0.4) is 0 Å². The van der Waals surface area contributed by atoms with Crippen LogP contribution in [0, 0.1) is 0 Å². The van der Waals surface area contributed by atoms with E-state index in [1.807, 2.05) is 55.1 Å². The Morgan fingerprint density at radius 2 is 1.71 bits per heavy atom. The monoisotopic (exact) mass is 472 g/mol. The Bertz CT molecular complexity index is 1360. The number of carbonyl (C=O) groups excluding carboxylic acids is 1. The van der Waals surface area contributed by atoms with Crippen molar-refractivity contribution in [3.05, 3.63) is 66.2 Å². The third-order valence-corrected chi connectivity index (χ3v) is 6.09. The molecule has 8 nitrogen and oxygen atoms in total. The van der Waals surface area contributed by atoms with Gasteiger partial charge in [-0.1, -0.05) is 12.1 Å². The van der Waals surface area contributed by atoms with Crippen LogP contribution in [0.4, 0.5) is 0 Å². The average Bonchev–Trinajstić information content (AvgIpc) is 3.27. The molecule has 2 atom stereocenters. The summed E-state index contributed by atoms with van der Waals surface area (Å²) < 4.78 is 11.9. The Labute approximate surface area is 203 Å². The highest BCUT2D eigenvalue weighted by Crippen LogP contribution is 2.33. The molecule has 1 fully saturated rings. The Morgan fingerprint density at radius 3 is 2.40 bits per heavy atom. The van der Waals surface area contributed by atoms with E-state index in [0.29, 0.717) is 46.9 Å². The van der Waals surface area contributed by atoms with E-state index in [9.17, 15) is 9.90 Å². The molecule has 4 heterocycles. The summed E-state index contributed by atoms with van der Waals surface area (Å²) in [6, 6.07) is 12.9. The molecule has 1 aliphatic rings. The number of furan rings is 1. The SMILES string of the molecule is C[C@@H]1CN(C(=O)c2ccc(-c3cc4ncnc(-c5ccnc(C(C)(C)O)c5)c4o3)cc2)C[C@@H](C)O1. The molecule has 1 N–H and O–H groups in total. The zero-order chi connectivity index (χ0) is 24.7. The highest BCUT2D eigenvalue weighted by atomic mass is 16.5. The maximum Gasteiger partial charge on any atom is 0.254 e. The fourth-order valence-electron chi connectivity index (χ4n) is 4.42. The summed E-state index contributed by atoms with van der Waals surface area (Å²) in [5.74, 6) is 0.628. The lowest BCUT2D eigenvalue weighted by molar-refractivity contribution is -0.0586. The van der Waals surface area contributed by atoms with Gasteiger partial charge in [-0.3, -0.25) is 9.78 Å². The lowest BCUT2D eigenvalue weighted by Crippen LogP contribution is -2.48. The molecule has 1 aliphatic heterocycles. The molecule has 3 aromatic heterocycles. The normalized spacial score (nSPS) is 18.7. The highest BCUT2D eigenvalue weighted by Gasteiger charge is 2.26. The van der Waals surface area contributed by atoms with Crippen molar-refractivity contribution in [1.29, 1.82) is 0 Å². The first-order valence-electron chi connectivity index (χ1n) is 11.7. The molecule has 8 heteroatoms. The zero-order valence-corrected chi connectivity index (χ0v) is 20.2. The quantitative estimate of drug-likeness (QED) is 0.469. The lowest BCUT2D eigenvalue weighted by atomic mass is 10.0. The second kappa shape index (κ2) is 8.87. The number of ether oxygens (including phenoxy) is 1. The molecule has 1 aromatic carbocycles. The summed E-state index contributed by atoms with van der Waals surface area (Å²) in [5.41, 5.74) is 3.54. The third-order valence-electron chi connectivity index (χ3n) is 6.09. The van der Waals surface area contributed by atoms with Crippen molar-refractivity contribution in [2.75, 3.05) is 13.1 Å². The molecule has 180 valence electrons. The number of hydrogen-bond donors (Lipinski definition) is 1. The Hall–Kier alpha value is -3.62. The minimum absolute atomic E-state index is 0.00314. The van der Waals surface area contributed by atoms with Crippen LogP contribution in [0.25, 0.3) is 33.7 Å². The molecule has 0 unspecified atom stereocenters. The van der Waals surface area contributed by atoms with Crippen molar-refractivity contribution in [2.24, 2.45) is 0 Å². The molecule has 0 spiro atoms. The number of pyridine rings is 1. The summed E-state index contributed by atoms with van der Waals surface area (Å²) in [6.07, 6.45) is 3.18. The van der Waals surface area contributed by atoms with Gasteiger partial charge in [0.25, 0.3) is 5.91 Å². The fraction of sp³-hybridized carbons (Fsp3) is 0.333. The lowest BCUT2D eigenvalue weighted by Gasteiger charge is -2.35. The molecule has 4 aromatic rings. The van der Waals surface area contributed by atoms with Gasteiger partial charge < -0.3 is 19.2 Å². The number of rotatable bonds is 4. The van der Waals surface area contributed by atoms with E-state index in [-0.39, 0.29) is 18.1 Å². The van der Waals surface area contributed by atoms with Crippen LogP contribution in [0.5, 0.6) is 0 Å². The van der Waals surface area contributed by atoms with Crippen LogP contribution in [0.2, 0.25) is 0 Å². The topological polar surface area (TPSA) is 102 Å². The van der Waals surface area contributed by atoms with Crippen LogP contribution in [-0.4, -0.2) is 56.2 Å². The van der Waals surface area contributed by atoms with Gasteiger partial charge in [-0.05, 0) is 52.0 Å². The van der Waals surface area contributed by atoms with Gasteiger partial charge in [0, 0.05) is 42.0 Å². The average molecular weight is 473 g/mol. The van der Waals surface area contributed by atoms with E-state index >= 15 is 0 Å². The summed E-state index contributed by atoms with van der Waals surface area (Å²) in [5, 5.41) is 10.3. The number of hydrogen-bond acceptors (Lipinski definition) is 7. The van der Waals surface area contributed by atoms with Crippen molar-refractivity contribution in [3.8, 4) is 22.6 Å². The number of aromatic nitrogens is 3. The van der Waals surface area contributed by atoms with Crippen molar-refractivity contribution in [1.82, 2.24) is 19.9 Å². The minimum Gasteiger partial charge on any atom is -0.452 e. The molecule has 0 saturated carbocycles. The Morgan fingerprint density at radius 1 is 1.00 bits per heavy atom. The molecule has 1 amide bonds. The van der Waals surface area contributed by atoms with Gasteiger partial charge in [0.2, 0.25) is 0 Å². The molecule has 0 bridgehead atoms. The largest absolute Gasteiger partial charge is 0.452 e. The van der Waals surface area contributed by atoms with E-state index in [2.05, 4.69) is 15.0 Å². The molecule has 0 radical (unpaired) electrons. The van der Waals surface area contributed by atoms with Crippen LogP contribution in [0.1, 0.15) is 43.7 Å². The standard InChI is InChI=1S/C27H28N4O4/c1-16-13-31(14-17(2)34-16)26(32)19-7-5-18(6-8-19)22-12-21-25(35-22)24(30-15-29-21)20-9-10-28-23(11-20)27(3,4)33/h5-12,15-17,33H,13-14H2,1-4H3/t16-,17-/m1/s1. The van der Waals surface area contributed by atoms with Gasteiger partial charge in [-0.2, -0.15) is 0 Å². The number of benzene rings is 1. The summed E-state index contributed by atoms with van der Waals surface area (Å²) >= 11 is 0. The van der Waals surface area contributed by atoms with E-state index in [4.69, 9.17) is 9.15 Å². The van der Waals surface area contributed by atoms with Crippen molar-refractivity contribution in [2.45, 2.75) is 45.5 Å². The van der Waals surface area contributed by atoms with Crippen molar-refractivity contribution in [3.63, 3.8) is 0 Å². The second-order valence-corrected chi connectivity index (χ2v) is 9.58. The summed E-state index contributed by atoms with van der Waals surface area (Å²) in [4.78, 5) is 27.9. The van der Waals surface area contributed by atoms with Crippen LogP contribution < -0.4 is 0 Å². The first kappa shape index (κ1) is 23.1. The maximum absolute atomic E-state index is 13.0. The van der Waals surface area contributed by atoms with Gasteiger partial charge in [-0.25, -0.2) is 9.97 Å². The number of fused-ring (bicyclic) bond motifs is 1. The van der Waals surface area contributed by atoms with Crippen LogP contribution in [0.15, 0.2) is 59.4 Å². The number of nitrogens with zero attached hydrogens (tertiary/aromatic N) is 4. The second-order valence-electron chi connectivity index (χ2n) is 9.58. The van der Waals surface area contributed by atoms with Crippen molar-refractivity contribution < 1.29 is 19.1 Å². The van der Waals surface area contributed by atoms with E-state index in [1.165, 1.54) is 6.33 Å². The zero-order valence-electron chi connectivity index (χ0n) is 20.2. The first-order valence-corrected chi connectivity index (χ1v) is 11.7. The third kappa shape index (κ3) is 4.67. The predicted octanol–water partition coefficient (Wildman–Crippen LogP) is 4.43. The summed E-state index contributed by atoms with van der Waals surface area (Å²) in [6.45, 7) is 8.51. The number of aliphatic hydroxyl groups is 1. The molecular weight excluding hydrogens is 444 g/mol. The number of carbonyl (C=O) groups is 1. The first-order chi connectivity index (χ1) is 16.7. The maximum atomic E-state index is 13.0. The summed E-state index contributed by atoms with van der Waals surface area (Å²) in [7, 11) is 0. The van der Waals surface area contributed by atoms with E-state index in [0.717, 1.165) is 11.1 Å². The van der Waals surface area contributed by atoms with Crippen LogP contribution >= 0.6 is 0 Å². The highest BCUT2D eigenvalue weighted by molar-refractivity contribution is 5.95. The Kier molecular flexibility index (Phi) is 5.86. The van der Waals surface area contributed by atoms with Gasteiger partial charge in [0.05, 0.1) is 17.9 Å². The smallest absolute Gasteiger partial charge is 0.254 e.